The van der Waals surface area contributed by atoms with E-state index in [1.165, 1.54) is 12.8 Å². The lowest BCUT2D eigenvalue weighted by molar-refractivity contribution is 0.0156. The van der Waals surface area contributed by atoms with Crippen LogP contribution < -0.4 is 5.32 Å². The molecule has 0 radical (unpaired) electrons. The van der Waals surface area contributed by atoms with Gasteiger partial charge in [0, 0.05) is 19.6 Å². The van der Waals surface area contributed by atoms with E-state index < -0.39 is 0 Å². The van der Waals surface area contributed by atoms with Gasteiger partial charge in [0.25, 0.3) is 0 Å². The molecule has 19 heavy (non-hydrogen) atoms. The minimum atomic E-state index is 0.286. The second-order valence-corrected chi connectivity index (χ2v) is 5.80. The third-order valence-corrected chi connectivity index (χ3v) is 4.24. The van der Waals surface area contributed by atoms with E-state index in [1.807, 2.05) is 6.92 Å². The fraction of sp³-hybridized carbons (Fsp3) is 0.714. The lowest BCUT2D eigenvalue weighted by Gasteiger charge is -2.22. The summed E-state index contributed by atoms with van der Waals surface area (Å²) in [7, 11) is 0. The van der Waals surface area contributed by atoms with Crippen LogP contribution in [0.4, 0.5) is 5.82 Å². The first kappa shape index (κ1) is 14.7. The van der Waals surface area contributed by atoms with Gasteiger partial charge in [-0.05, 0) is 48.5 Å². The molecule has 106 valence electrons. The normalized spacial score (nSPS) is 19.4. The van der Waals surface area contributed by atoms with E-state index in [1.54, 1.807) is 0 Å². The summed E-state index contributed by atoms with van der Waals surface area (Å²) in [6, 6.07) is 0. The second kappa shape index (κ2) is 7.20. The number of nitrogens with zero attached hydrogens (tertiary/aromatic N) is 2. The van der Waals surface area contributed by atoms with Gasteiger partial charge in [-0.3, -0.25) is 0 Å². The first-order chi connectivity index (χ1) is 9.20. The van der Waals surface area contributed by atoms with Crippen LogP contribution >= 0.6 is 15.9 Å². The van der Waals surface area contributed by atoms with E-state index in [9.17, 15) is 0 Å². The Balaban J connectivity index is 2.08. The summed E-state index contributed by atoms with van der Waals surface area (Å²) < 4.78 is 6.73. The molecule has 0 amide bonds. The maximum absolute atomic E-state index is 5.76. The molecule has 2 heterocycles. The zero-order chi connectivity index (χ0) is 13.7. The molecule has 0 spiro atoms. The van der Waals surface area contributed by atoms with Crippen LogP contribution in [-0.4, -0.2) is 29.2 Å². The number of rotatable bonds is 5. The van der Waals surface area contributed by atoms with Gasteiger partial charge in [-0.1, -0.05) is 6.92 Å². The summed E-state index contributed by atoms with van der Waals surface area (Å²) >= 11 is 3.55. The summed E-state index contributed by atoms with van der Waals surface area (Å²) in [5, 5.41) is 3.34. The van der Waals surface area contributed by atoms with Crippen molar-refractivity contribution in [1.29, 1.82) is 0 Å². The second-order valence-electron chi connectivity index (χ2n) is 5.01. The molecule has 0 bridgehead atoms. The highest BCUT2D eigenvalue weighted by molar-refractivity contribution is 9.10. The molecule has 0 aromatic carbocycles. The first-order valence-corrected chi connectivity index (χ1v) is 7.88. The van der Waals surface area contributed by atoms with Gasteiger partial charge in [0.1, 0.15) is 11.6 Å². The Bertz CT molecular complexity index is 419. The van der Waals surface area contributed by atoms with Crippen molar-refractivity contribution in [3.8, 4) is 0 Å². The molecule has 1 aliphatic heterocycles. The van der Waals surface area contributed by atoms with Gasteiger partial charge < -0.3 is 10.1 Å². The van der Waals surface area contributed by atoms with Crippen LogP contribution in [-0.2, 0) is 11.2 Å². The van der Waals surface area contributed by atoms with E-state index in [-0.39, 0.29) is 6.10 Å². The zero-order valence-corrected chi connectivity index (χ0v) is 13.3. The number of anilines is 1. The number of halogens is 1. The lowest BCUT2D eigenvalue weighted by Crippen LogP contribution is -2.23. The van der Waals surface area contributed by atoms with E-state index >= 15 is 0 Å². The maximum Gasteiger partial charge on any atom is 0.144 e. The molecular weight excluding hydrogens is 306 g/mol. The van der Waals surface area contributed by atoms with Crippen LogP contribution in [0.1, 0.15) is 44.1 Å². The molecule has 1 aromatic heterocycles. The lowest BCUT2D eigenvalue weighted by atomic mass is 10.1. The largest absolute Gasteiger partial charge is 0.378 e. The Morgan fingerprint density at radius 3 is 2.89 bits per heavy atom. The van der Waals surface area contributed by atoms with Crippen LogP contribution in [0.2, 0.25) is 0 Å². The molecule has 1 aromatic rings. The van der Waals surface area contributed by atoms with Crippen molar-refractivity contribution in [2.75, 3.05) is 18.5 Å². The third kappa shape index (κ3) is 4.14. The van der Waals surface area contributed by atoms with Gasteiger partial charge >= 0.3 is 0 Å². The molecule has 1 saturated heterocycles. The van der Waals surface area contributed by atoms with Gasteiger partial charge in [-0.25, -0.2) is 9.97 Å². The minimum absolute atomic E-state index is 0.286. The quantitative estimate of drug-likeness (QED) is 0.899. The molecule has 0 aliphatic carbocycles. The Labute approximate surface area is 123 Å². The van der Waals surface area contributed by atoms with E-state index in [4.69, 9.17) is 4.74 Å². The van der Waals surface area contributed by atoms with Crippen LogP contribution in [0.15, 0.2) is 4.47 Å². The van der Waals surface area contributed by atoms with Crippen molar-refractivity contribution in [2.24, 2.45) is 0 Å². The maximum atomic E-state index is 5.76. The SMILES string of the molecule is CCCNc1nc(CC2CCCCO2)nc(C)c1Br. The summed E-state index contributed by atoms with van der Waals surface area (Å²) in [5.41, 5.74) is 0.986. The summed E-state index contributed by atoms with van der Waals surface area (Å²) in [6.45, 7) is 5.95. The standard InChI is InChI=1S/C14H22BrN3O/c1-3-7-16-14-13(15)10(2)17-12(18-14)9-11-6-4-5-8-19-11/h11H,3-9H2,1-2H3,(H,16,17,18). The molecular formula is C14H22BrN3O. The third-order valence-electron chi connectivity index (χ3n) is 3.29. The fourth-order valence-corrected chi connectivity index (χ4v) is 2.56. The van der Waals surface area contributed by atoms with Gasteiger partial charge in [0.2, 0.25) is 0 Å². The van der Waals surface area contributed by atoms with Gasteiger partial charge in [0.05, 0.1) is 16.3 Å². The number of nitrogens with one attached hydrogen (secondary N) is 1. The number of aromatic nitrogens is 2. The number of hydrogen-bond donors (Lipinski definition) is 1. The van der Waals surface area contributed by atoms with Crippen molar-refractivity contribution in [3.63, 3.8) is 0 Å². The Morgan fingerprint density at radius 1 is 1.37 bits per heavy atom. The van der Waals surface area contributed by atoms with Crippen molar-refractivity contribution < 1.29 is 4.74 Å². The highest BCUT2D eigenvalue weighted by Crippen LogP contribution is 2.24. The smallest absolute Gasteiger partial charge is 0.144 e. The van der Waals surface area contributed by atoms with Crippen molar-refractivity contribution in [1.82, 2.24) is 9.97 Å². The Hall–Kier alpha value is -0.680. The predicted octanol–water partition coefficient (Wildman–Crippen LogP) is 3.48. The highest BCUT2D eigenvalue weighted by atomic mass is 79.9. The summed E-state index contributed by atoms with van der Waals surface area (Å²) in [6.07, 6.45) is 5.73. The minimum Gasteiger partial charge on any atom is -0.378 e. The van der Waals surface area contributed by atoms with Crippen LogP contribution in [0.25, 0.3) is 0 Å². The highest BCUT2D eigenvalue weighted by Gasteiger charge is 2.17. The molecule has 1 unspecified atom stereocenters. The van der Waals surface area contributed by atoms with E-state index in [2.05, 4.69) is 38.1 Å². The molecule has 5 heteroatoms. The molecule has 1 fully saturated rings. The van der Waals surface area contributed by atoms with E-state index in [0.717, 1.165) is 54.2 Å². The molecule has 1 aliphatic rings. The van der Waals surface area contributed by atoms with Gasteiger partial charge in [-0.15, -0.1) is 0 Å². The first-order valence-electron chi connectivity index (χ1n) is 7.09. The topological polar surface area (TPSA) is 47.0 Å². The average molecular weight is 328 g/mol. The molecule has 1 N–H and O–H groups in total. The number of aryl methyl sites for hydroxylation is 1. The van der Waals surface area contributed by atoms with Crippen LogP contribution in [0.5, 0.6) is 0 Å². The van der Waals surface area contributed by atoms with Crippen molar-refractivity contribution in [3.05, 3.63) is 16.0 Å². The van der Waals surface area contributed by atoms with Gasteiger partial charge in [-0.2, -0.15) is 0 Å². The molecule has 2 rings (SSSR count). The summed E-state index contributed by atoms with van der Waals surface area (Å²) in [4.78, 5) is 9.17. The Morgan fingerprint density at radius 2 is 2.21 bits per heavy atom. The van der Waals surface area contributed by atoms with Crippen LogP contribution in [0.3, 0.4) is 0 Å². The number of ether oxygens (including phenoxy) is 1. The van der Waals surface area contributed by atoms with Crippen molar-refractivity contribution in [2.45, 2.75) is 52.1 Å². The average Bonchev–Trinajstić information content (AvgIpc) is 2.42. The monoisotopic (exact) mass is 327 g/mol. The molecule has 0 saturated carbocycles. The molecule has 4 nitrogen and oxygen atoms in total. The van der Waals surface area contributed by atoms with E-state index in [0.29, 0.717) is 0 Å². The predicted molar refractivity (Wildman–Crippen MR) is 80.5 cm³/mol. The van der Waals surface area contributed by atoms with Crippen molar-refractivity contribution >= 4 is 21.7 Å². The fourth-order valence-electron chi connectivity index (χ4n) is 2.24. The number of hydrogen-bond acceptors (Lipinski definition) is 4. The van der Waals surface area contributed by atoms with Crippen LogP contribution in [0, 0.1) is 6.92 Å². The van der Waals surface area contributed by atoms with Gasteiger partial charge in [0.15, 0.2) is 0 Å². The molecule has 1 atom stereocenters. The summed E-state index contributed by atoms with van der Waals surface area (Å²) in [5.74, 6) is 1.78. The Kier molecular flexibility index (Phi) is 5.58. The zero-order valence-electron chi connectivity index (χ0n) is 11.7.